The second-order valence-corrected chi connectivity index (χ2v) is 8.15. The molecule has 1 aliphatic rings. The fraction of sp³-hybridized carbons (Fsp3) is 0.240. The quantitative estimate of drug-likeness (QED) is 0.449. The van der Waals surface area contributed by atoms with E-state index in [1.807, 2.05) is 30.3 Å². The number of hydrogen-bond acceptors (Lipinski definition) is 4. The highest BCUT2D eigenvalue weighted by molar-refractivity contribution is 5.94. The van der Waals surface area contributed by atoms with Gasteiger partial charge in [0, 0.05) is 29.1 Å². The highest BCUT2D eigenvalue weighted by atomic mass is 19.1. The van der Waals surface area contributed by atoms with Gasteiger partial charge < -0.3 is 10.6 Å². The van der Waals surface area contributed by atoms with E-state index < -0.39 is 0 Å². The van der Waals surface area contributed by atoms with Gasteiger partial charge in [0.05, 0.1) is 0 Å². The van der Waals surface area contributed by atoms with Crippen molar-refractivity contribution >= 4 is 23.2 Å². The van der Waals surface area contributed by atoms with E-state index in [-0.39, 0.29) is 17.8 Å². The van der Waals surface area contributed by atoms with E-state index in [1.54, 1.807) is 28.9 Å². The third kappa shape index (κ3) is 4.32. The number of rotatable bonds is 5. The Morgan fingerprint density at radius 3 is 2.59 bits per heavy atom. The van der Waals surface area contributed by atoms with E-state index in [0.717, 1.165) is 29.7 Å². The molecule has 0 saturated heterocycles. The van der Waals surface area contributed by atoms with Gasteiger partial charge in [0.1, 0.15) is 5.82 Å². The molecule has 4 aromatic rings. The maximum atomic E-state index is 13.7. The van der Waals surface area contributed by atoms with Gasteiger partial charge in [0.25, 0.3) is 5.91 Å². The predicted molar refractivity (Wildman–Crippen MR) is 122 cm³/mol. The minimum atomic E-state index is -0.296. The molecule has 0 radical (unpaired) electrons. The molecule has 32 heavy (non-hydrogen) atoms. The maximum Gasteiger partial charge on any atom is 0.251 e. The molecule has 2 heterocycles. The molecule has 2 N–H and O–H groups in total. The Balaban J connectivity index is 1.32. The maximum absolute atomic E-state index is 13.7. The SMILES string of the molecule is O=C(NC1CCCCC1)c1ccc(Nc2nc3c(-c4cccc(F)c4)cccn3n2)cc1. The van der Waals surface area contributed by atoms with E-state index in [0.29, 0.717) is 17.2 Å². The summed E-state index contributed by atoms with van der Waals surface area (Å²) in [5, 5.41) is 10.8. The Labute approximate surface area is 185 Å². The zero-order chi connectivity index (χ0) is 21.9. The van der Waals surface area contributed by atoms with Crippen molar-refractivity contribution in [3.05, 3.63) is 78.2 Å². The molecule has 5 rings (SSSR count). The fourth-order valence-corrected chi connectivity index (χ4v) is 4.19. The van der Waals surface area contributed by atoms with E-state index in [9.17, 15) is 9.18 Å². The van der Waals surface area contributed by atoms with Crippen molar-refractivity contribution in [3.8, 4) is 11.1 Å². The van der Waals surface area contributed by atoms with Crippen molar-refractivity contribution in [1.29, 1.82) is 0 Å². The Hall–Kier alpha value is -3.74. The van der Waals surface area contributed by atoms with Gasteiger partial charge in [0.2, 0.25) is 5.95 Å². The smallest absolute Gasteiger partial charge is 0.251 e. The van der Waals surface area contributed by atoms with Crippen LogP contribution in [-0.2, 0) is 0 Å². The number of anilines is 2. The molecule has 6 nitrogen and oxygen atoms in total. The second kappa shape index (κ2) is 8.78. The minimum absolute atomic E-state index is 0.0333. The van der Waals surface area contributed by atoms with Gasteiger partial charge >= 0.3 is 0 Å². The van der Waals surface area contributed by atoms with E-state index in [4.69, 9.17) is 0 Å². The summed E-state index contributed by atoms with van der Waals surface area (Å²) in [6.45, 7) is 0. The van der Waals surface area contributed by atoms with Crippen molar-refractivity contribution in [3.63, 3.8) is 0 Å². The number of carbonyl (C=O) groups is 1. The Morgan fingerprint density at radius 2 is 1.81 bits per heavy atom. The van der Waals surface area contributed by atoms with Crippen LogP contribution in [0, 0.1) is 5.82 Å². The second-order valence-electron chi connectivity index (χ2n) is 8.15. The highest BCUT2D eigenvalue weighted by Gasteiger charge is 2.17. The number of hydrogen-bond donors (Lipinski definition) is 2. The van der Waals surface area contributed by atoms with E-state index in [1.165, 1.54) is 31.4 Å². The Morgan fingerprint density at radius 1 is 1.00 bits per heavy atom. The molecular weight excluding hydrogens is 405 g/mol. The summed E-state index contributed by atoms with van der Waals surface area (Å²) < 4.78 is 15.3. The van der Waals surface area contributed by atoms with Crippen molar-refractivity contribution in [2.75, 3.05) is 5.32 Å². The van der Waals surface area contributed by atoms with Crippen LogP contribution in [0.15, 0.2) is 66.9 Å². The zero-order valence-electron chi connectivity index (χ0n) is 17.6. The molecule has 0 atom stereocenters. The third-order valence-corrected chi connectivity index (χ3v) is 5.84. The topological polar surface area (TPSA) is 71.3 Å². The van der Waals surface area contributed by atoms with Crippen LogP contribution in [0.5, 0.6) is 0 Å². The lowest BCUT2D eigenvalue weighted by Crippen LogP contribution is -2.36. The number of pyridine rings is 1. The first-order valence-electron chi connectivity index (χ1n) is 10.9. The number of amides is 1. The summed E-state index contributed by atoms with van der Waals surface area (Å²) in [7, 11) is 0. The van der Waals surface area contributed by atoms with Crippen LogP contribution >= 0.6 is 0 Å². The van der Waals surface area contributed by atoms with Crippen LogP contribution in [0.4, 0.5) is 16.0 Å². The molecule has 0 spiro atoms. The number of carbonyl (C=O) groups excluding carboxylic acids is 1. The predicted octanol–water partition coefficient (Wildman–Crippen LogP) is 5.34. The summed E-state index contributed by atoms with van der Waals surface area (Å²) in [5.74, 6) is 0.0947. The van der Waals surface area contributed by atoms with Crippen molar-refractivity contribution in [2.45, 2.75) is 38.1 Å². The molecule has 0 bridgehead atoms. The lowest BCUT2D eigenvalue weighted by atomic mass is 9.95. The lowest BCUT2D eigenvalue weighted by Gasteiger charge is -2.22. The largest absolute Gasteiger partial charge is 0.349 e. The van der Waals surface area contributed by atoms with Gasteiger partial charge in [-0.15, -0.1) is 5.10 Å². The lowest BCUT2D eigenvalue weighted by molar-refractivity contribution is 0.0927. The van der Waals surface area contributed by atoms with Crippen LogP contribution in [0.1, 0.15) is 42.5 Å². The number of halogens is 1. The third-order valence-electron chi connectivity index (χ3n) is 5.84. The highest BCUT2D eigenvalue weighted by Crippen LogP contribution is 2.25. The normalized spacial score (nSPS) is 14.4. The molecule has 7 heteroatoms. The van der Waals surface area contributed by atoms with Gasteiger partial charge in [0.15, 0.2) is 5.65 Å². The molecule has 1 fully saturated rings. The van der Waals surface area contributed by atoms with Crippen molar-refractivity contribution in [2.24, 2.45) is 0 Å². The number of nitrogens with zero attached hydrogens (tertiary/aromatic N) is 3. The number of nitrogens with one attached hydrogen (secondary N) is 2. The van der Waals surface area contributed by atoms with Gasteiger partial charge in [-0.25, -0.2) is 8.91 Å². The van der Waals surface area contributed by atoms with Gasteiger partial charge in [-0.2, -0.15) is 4.98 Å². The average molecular weight is 429 g/mol. The molecule has 2 aromatic heterocycles. The summed E-state index contributed by atoms with van der Waals surface area (Å²) in [5.41, 5.74) is 3.58. The number of benzene rings is 2. The van der Waals surface area contributed by atoms with Gasteiger partial charge in [-0.1, -0.05) is 31.4 Å². The van der Waals surface area contributed by atoms with Gasteiger partial charge in [-0.3, -0.25) is 4.79 Å². The van der Waals surface area contributed by atoms with Crippen LogP contribution < -0.4 is 10.6 Å². The van der Waals surface area contributed by atoms with Crippen molar-refractivity contribution in [1.82, 2.24) is 19.9 Å². The summed E-state index contributed by atoms with van der Waals surface area (Å²) in [6, 6.07) is 17.7. The standard InChI is InChI=1S/C25H24FN5O/c26-19-7-4-6-18(16-19)22-10-5-15-31-23(22)29-25(30-31)28-21-13-11-17(12-14-21)24(32)27-20-8-2-1-3-9-20/h4-7,10-16,20H,1-3,8-9H2,(H,27,32)(H,28,30). The van der Waals surface area contributed by atoms with Crippen LogP contribution in [0.2, 0.25) is 0 Å². The molecule has 162 valence electrons. The summed E-state index contributed by atoms with van der Waals surface area (Å²) in [6.07, 6.45) is 7.54. The van der Waals surface area contributed by atoms with Gasteiger partial charge in [-0.05, 0) is 66.9 Å². The average Bonchev–Trinajstić information content (AvgIpc) is 3.22. The first-order valence-corrected chi connectivity index (χ1v) is 10.9. The molecule has 1 aliphatic carbocycles. The fourth-order valence-electron chi connectivity index (χ4n) is 4.19. The van der Waals surface area contributed by atoms with Crippen LogP contribution in [0.25, 0.3) is 16.8 Å². The Kier molecular flexibility index (Phi) is 5.54. The summed E-state index contributed by atoms with van der Waals surface area (Å²) in [4.78, 5) is 17.1. The minimum Gasteiger partial charge on any atom is -0.349 e. The molecule has 1 saturated carbocycles. The molecule has 2 aromatic carbocycles. The summed E-state index contributed by atoms with van der Waals surface area (Å²) >= 11 is 0. The van der Waals surface area contributed by atoms with Crippen molar-refractivity contribution < 1.29 is 9.18 Å². The van der Waals surface area contributed by atoms with Crippen LogP contribution in [0.3, 0.4) is 0 Å². The number of fused-ring (bicyclic) bond motifs is 1. The number of aromatic nitrogens is 3. The van der Waals surface area contributed by atoms with Crippen LogP contribution in [-0.4, -0.2) is 26.5 Å². The molecule has 1 amide bonds. The first-order chi connectivity index (χ1) is 15.7. The molecule has 0 aliphatic heterocycles. The van der Waals surface area contributed by atoms with E-state index >= 15 is 0 Å². The Bertz CT molecular complexity index is 1240. The zero-order valence-corrected chi connectivity index (χ0v) is 17.6. The molecule has 0 unspecified atom stereocenters. The first kappa shape index (κ1) is 20.2. The monoisotopic (exact) mass is 429 g/mol. The molecular formula is C25H24FN5O. The van der Waals surface area contributed by atoms with E-state index in [2.05, 4.69) is 20.7 Å².